The van der Waals surface area contributed by atoms with Crippen molar-refractivity contribution in [3.05, 3.63) is 108 Å². The molecule has 5 N–H and O–H groups in total. The summed E-state index contributed by atoms with van der Waals surface area (Å²) in [4.78, 5) is 31.2. The number of aromatic nitrogens is 1. The summed E-state index contributed by atoms with van der Waals surface area (Å²) in [6, 6.07) is 18.2. The number of rotatable bonds is 10. The Bertz CT molecular complexity index is 1800. The van der Waals surface area contributed by atoms with Crippen LogP contribution in [0.1, 0.15) is 15.9 Å². The van der Waals surface area contributed by atoms with Gasteiger partial charge >= 0.3 is 6.03 Å². The maximum absolute atomic E-state index is 14.3. The van der Waals surface area contributed by atoms with Crippen molar-refractivity contribution in [3.63, 3.8) is 0 Å². The van der Waals surface area contributed by atoms with Gasteiger partial charge in [0.25, 0.3) is 5.91 Å². The number of sulfonamides is 1. The van der Waals surface area contributed by atoms with Gasteiger partial charge in [-0.1, -0.05) is 12.1 Å². The average Bonchev–Trinajstić information content (AvgIpc) is 2.94. The molecule has 0 radical (unpaired) electrons. The number of primary amides is 1. The van der Waals surface area contributed by atoms with Crippen LogP contribution in [0.5, 0.6) is 11.6 Å². The summed E-state index contributed by atoms with van der Waals surface area (Å²) in [5.41, 5.74) is 5.63. The normalized spacial score (nSPS) is 13.8. The number of nitrogens with zero attached hydrogens (tertiary/aromatic N) is 2. The number of hydrogen-bond donors (Lipinski definition) is 4. The summed E-state index contributed by atoms with van der Waals surface area (Å²) >= 11 is 0. The quantitative estimate of drug-likeness (QED) is 0.206. The van der Waals surface area contributed by atoms with Gasteiger partial charge in [-0.05, 0) is 66.2 Å². The molecule has 0 bridgehead atoms. The predicted octanol–water partition coefficient (Wildman–Crippen LogP) is 4.25. The number of benzene rings is 3. The Hall–Kier alpha value is -5.08. The number of urea groups is 1. The molecule has 1 aromatic heterocycles. The second-order valence-corrected chi connectivity index (χ2v) is 12.1. The van der Waals surface area contributed by atoms with Gasteiger partial charge in [0.1, 0.15) is 17.4 Å². The lowest BCUT2D eigenvalue weighted by Gasteiger charge is -2.50. The molecule has 0 spiro atoms. The molecule has 2 heterocycles. The van der Waals surface area contributed by atoms with Crippen molar-refractivity contribution in [1.29, 1.82) is 0 Å². The van der Waals surface area contributed by atoms with Gasteiger partial charge in [-0.15, -0.1) is 0 Å². The number of carbonyl (C=O) groups excluding carboxylic acids is 2. The van der Waals surface area contributed by atoms with Gasteiger partial charge < -0.3 is 21.1 Å². The van der Waals surface area contributed by atoms with E-state index in [4.69, 9.17) is 10.5 Å². The molecule has 4 aromatic rings. The van der Waals surface area contributed by atoms with Crippen molar-refractivity contribution in [2.75, 3.05) is 34.3 Å². The predicted molar refractivity (Wildman–Crippen MR) is 161 cm³/mol. The van der Waals surface area contributed by atoms with Crippen LogP contribution in [-0.4, -0.2) is 50.2 Å². The maximum atomic E-state index is 14.3. The van der Waals surface area contributed by atoms with Crippen molar-refractivity contribution < 1.29 is 31.5 Å². The molecular weight excluding hydrogens is 594 g/mol. The molecule has 5 rings (SSSR count). The van der Waals surface area contributed by atoms with Crippen molar-refractivity contribution >= 4 is 39.0 Å². The van der Waals surface area contributed by atoms with Gasteiger partial charge in [-0.3, -0.25) is 14.4 Å². The number of ether oxygens (including phenoxy) is 1. The van der Waals surface area contributed by atoms with Gasteiger partial charge in [0.05, 0.1) is 17.4 Å². The minimum atomic E-state index is -3.41. The molecule has 14 heteroatoms. The number of nitrogens with two attached hydrogens (primary N) is 1. The molecule has 1 saturated heterocycles. The molecule has 3 amide bonds. The van der Waals surface area contributed by atoms with Crippen LogP contribution in [0, 0.1) is 11.6 Å². The largest absolute Gasteiger partial charge is 0.439 e. The van der Waals surface area contributed by atoms with Gasteiger partial charge in [-0.2, -0.15) is 0 Å². The first-order valence-corrected chi connectivity index (χ1v) is 15.2. The van der Waals surface area contributed by atoms with E-state index in [-0.39, 0.29) is 11.3 Å². The number of amides is 3. The van der Waals surface area contributed by atoms with Crippen LogP contribution in [0.25, 0.3) is 0 Å². The molecule has 0 aliphatic carbocycles. The lowest BCUT2D eigenvalue weighted by Crippen LogP contribution is -2.72. The lowest BCUT2D eigenvalue weighted by molar-refractivity contribution is 0.0996. The molecule has 1 fully saturated rings. The Balaban J connectivity index is 1.37. The Morgan fingerprint density at radius 3 is 2.34 bits per heavy atom. The first-order valence-electron chi connectivity index (χ1n) is 13.3. The first-order chi connectivity index (χ1) is 20.9. The van der Waals surface area contributed by atoms with Gasteiger partial charge in [-0.25, -0.2) is 27.0 Å². The van der Waals surface area contributed by atoms with E-state index in [0.29, 0.717) is 42.5 Å². The molecule has 228 valence electrons. The number of halogens is 2. The first kappa shape index (κ1) is 30.4. The third-order valence-corrected chi connectivity index (χ3v) is 7.45. The Labute approximate surface area is 252 Å². The number of anilines is 3. The van der Waals surface area contributed by atoms with Crippen LogP contribution in [0.3, 0.4) is 0 Å². The highest BCUT2D eigenvalue weighted by atomic mass is 32.2. The summed E-state index contributed by atoms with van der Waals surface area (Å²) in [5.74, 6) is -1.61. The van der Waals surface area contributed by atoms with Crippen LogP contribution in [0.2, 0.25) is 0 Å². The second kappa shape index (κ2) is 12.3. The summed E-state index contributed by atoms with van der Waals surface area (Å²) in [7, 11) is -3.41. The van der Waals surface area contributed by atoms with Crippen LogP contribution in [-0.2, 0) is 16.4 Å². The van der Waals surface area contributed by atoms with E-state index >= 15 is 0 Å². The van der Waals surface area contributed by atoms with Gasteiger partial charge in [0.15, 0.2) is 0 Å². The van der Waals surface area contributed by atoms with E-state index in [0.717, 1.165) is 24.0 Å². The fraction of sp³-hybridized carbons (Fsp3) is 0.167. The minimum absolute atomic E-state index is 0.136. The van der Waals surface area contributed by atoms with Crippen molar-refractivity contribution in [2.24, 2.45) is 5.73 Å². The zero-order valence-corrected chi connectivity index (χ0v) is 24.2. The molecule has 11 nitrogen and oxygen atoms in total. The Kier molecular flexibility index (Phi) is 8.47. The Morgan fingerprint density at radius 1 is 1.02 bits per heavy atom. The average molecular weight is 623 g/mol. The molecule has 1 aliphatic rings. The number of nitrogens with one attached hydrogen (secondary N) is 3. The Morgan fingerprint density at radius 2 is 1.75 bits per heavy atom. The second-order valence-electron chi connectivity index (χ2n) is 10.3. The molecule has 44 heavy (non-hydrogen) atoms. The summed E-state index contributed by atoms with van der Waals surface area (Å²) in [6.45, 7) is 0.748. The van der Waals surface area contributed by atoms with Crippen molar-refractivity contribution in [1.82, 2.24) is 10.3 Å². The molecular formula is C30H28F2N6O5S. The lowest BCUT2D eigenvalue weighted by atomic mass is 9.83. The SMILES string of the molecule is CS(=O)(=O)Nc1ccc(Oc2ccc(CC3(N(C(=O)Nc4ccc(F)c(C(N)=O)c4)c4cccc(F)c4)CNC3)cn2)cc1. The highest BCUT2D eigenvalue weighted by Gasteiger charge is 2.46. The summed E-state index contributed by atoms with van der Waals surface area (Å²) in [6.07, 6.45) is 3.00. The fourth-order valence-electron chi connectivity index (χ4n) is 4.85. The molecule has 0 saturated carbocycles. The zero-order valence-electron chi connectivity index (χ0n) is 23.4. The number of hydrogen-bond acceptors (Lipinski definition) is 7. The third-order valence-electron chi connectivity index (χ3n) is 6.85. The van der Waals surface area contributed by atoms with E-state index in [1.807, 2.05) is 0 Å². The maximum Gasteiger partial charge on any atom is 0.326 e. The van der Waals surface area contributed by atoms with Crippen molar-refractivity contribution in [3.8, 4) is 11.6 Å². The van der Waals surface area contributed by atoms with Crippen molar-refractivity contribution in [2.45, 2.75) is 12.0 Å². The molecule has 0 atom stereocenters. The summed E-state index contributed by atoms with van der Waals surface area (Å²) in [5, 5.41) is 5.87. The van der Waals surface area contributed by atoms with Crippen LogP contribution in [0.4, 0.5) is 30.6 Å². The highest BCUT2D eigenvalue weighted by Crippen LogP contribution is 2.33. The number of carbonyl (C=O) groups is 2. The van der Waals surface area contributed by atoms with E-state index in [1.165, 1.54) is 29.2 Å². The zero-order chi connectivity index (χ0) is 31.5. The topological polar surface area (TPSA) is 156 Å². The van der Waals surface area contributed by atoms with Crippen LogP contribution in [0.15, 0.2) is 85.1 Å². The van der Waals surface area contributed by atoms with Crippen LogP contribution < -0.4 is 30.7 Å². The van der Waals surface area contributed by atoms with E-state index < -0.39 is 39.1 Å². The standard InChI is InChI=1S/C30H28F2N6O5S/c1-44(41,42)37-21-6-9-24(10-7-21)43-27-12-5-19(16-35-27)15-30(17-34-18-30)38(23-4-2-3-20(31)13-23)29(40)36-22-8-11-26(32)25(14-22)28(33)39/h2-14,16,34,37H,15,17-18H2,1H3,(H2,33,39)(H,36,40). The molecule has 0 unspecified atom stereocenters. The molecule has 3 aromatic carbocycles. The van der Waals surface area contributed by atoms with E-state index in [1.54, 1.807) is 48.7 Å². The monoisotopic (exact) mass is 622 g/mol. The van der Waals surface area contributed by atoms with Crippen LogP contribution >= 0.6 is 0 Å². The fourth-order valence-corrected chi connectivity index (χ4v) is 5.41. The van der Waals surface area contributed by atoms with Gasteiger partial charge in [0.2, 0.25) is 15.9 Å². The van der Waals surface area contributed by atoms with E-state index in [9.17, 15) is 26.8 Å². The summed E-state index contributed by atoms with van der Waals surface area (Å²) < 4.78 is 59.3. The smallest absolute Gasteiger partial charge is 0.326 e. The highest BCUT2D eigenvalue weighted by molar-refractivity contribution is 7.92. The third kappa shape index (κ3) is 7.10. The minimum Gasteiger partial charge on any atom is -0.439 e. The van der Waals surface area contributed by atoms with Gasteiger partial charge in [0, 0.05) is 48.8 Å². The van der Waals surface area contributed by atoms with E-state index in [2.05, 4.69) is 20.3 Å². The molecule has 1 aliphatic heterocycles. The number of pyridine rings is 1.